The van der Waals surface area contributed by atoms with E-state index in [1.165, 1.54) is 12.1 Å². The first-order valence-corrected chi connectivity index (χ1v) is 10.4. The highest BCUT2D eigenvalue weighted by molar-refractivity contribution is 7.15. The van der Waals surface area contributed by atoms with Gasteiger partial charge in [0.1, 0.15) is 23.6 Å². The van der Waals surface area contributed by atoms with Crippen LogP contribution in [0.2, 0.25) is 0 Å². The summed E-state index contributed by atoms with van der Waals surface area (Å²) in [7, 11) is 0. The number of hydrogen-bond donors (Lipinski definition) is 0. The molecule has 0 amide bonds. The van der Waals surface area contributed by atoms with E-state index in [2.05, 4.69) is 9.97 Å². The highest BCUT2D eigenvalue weighted by Gasteiger charge is 2.18. The normalized spacial score (nSPS) is 11.1. The number of imidazole rings is 1. The van der Waals surface area contributed by atoms with Crippen molar-refractivity contribution >= 4 is 16.3 Å². The van der Waals surface area contributed by atoms with Crippen molar-refractivity contribution in [2.75, 3.05) is 6.61 Å². The maximum absolute atomic E-state index is 13.0. The molecule has 0 bridgehead atoms. The van der Waals surface area contributed by atoms with Gasteiger partial charge in [-0.3, -0.25) is 4.40 Å². The summed E-state index contributed by atoms with van der Waals surface area (Å²) in [6.45, 7) is 0.506. The molecule has 7 heteroatoms. The standard InChI is InChI=1S/C23H17FN4OS/c24-18-6-4-16(5-7-18)9-12-29-19-3-1-2-17(14-19)21-22(20-8-10-25-15-26-20)28-11-13-30-23(28)27-21/h1-8,10-11,13-15H,9,12H2. The van der Waals surface area contributed by atoms with Gasteiger partial charge < -0.3 is 4.74 Å². The molecule has 5 rings (SSSR count). The molecule has 30 heavy (non-hydrogen) atoms. The molecule has 0 aliphatic carbocycles. The predicted molar refractivity (Wildman–Crippen MR) is 115 cm³/mol. The Hall–Kier alpha value is -3.58. The number of nitrogens with zero attached hydrogens (tertiary/aromatic N) is 4. The van der Waals surface area contributed by atoms with Crippen LogP contribution in [0.15, 0.2) is 78.7 Å². The second-order valence-corrected chi connectivity index (χ2v) is 7.58. The third-order valence-electron chi connectivity index (χ3n) is 4.77. The van der Waals surface area contributed by atoms with E-state index < -0.39 is 0 Å². The molecule has 0 aliphatic heterocycles. The Bertz CT molecular complexity index is 1280. The number of fused-ring (bicyclic) bond motifs is 1. The van der Waals surface area contributed by atoms with Gasteiger partial charge >= 0.3 is 0 Å². The first-order valence-electron chi connectivity index (χ1n) is 9.47. The van der Waals surface area contributed by atoms with Crippen LogP contribution in [0.4, 0.5) is 4.39 Å². The summed E-state index contributed by atoms with van der Waals surface area (Å²) >= 11 is 1.58. The fourth-order valence-electron chi connectivity index (χ4n) is 3.33. The van der Waals surface area contributed by atoms with Crippen molar-refractivity contribution < 1.29 is 9.13 Å². The van der Waals surface area contributed by atoms with Crippen molar-refractivity contribution in [2.45, 2.75) is 6.42 Å². The average molecular weight is 416 g/mol. The van der Waals surface area contributed by atoms with Gasteiger partial charge in [-0.2, -0.15) is 0 Å². The van der Waals surface area contributed by atoms with E-state index in [1.807, 2.05) is 46.3 Å². The van der Waals surface area contributed by atoms with Crippen molar-refractivity contribution in [2.24, 2.45) is 0 Å². The highest BCUT2D eigenvalue weighted by Crippen LogP contribution is 2.34. The molecule has 0 N–H and O–H groups in total. The van der Waals surface area contributed by atoms with Gasteiger partial charge in [-0.25, -0.2) is 19.3 Å². The monoisotopic (exact) mass is 416 g/mol. The minimum absolute atomic E-state index is 0.230. The summed E-state index contributed by atoms with van der Waals surface area (Å²) in [6.07, 6.45) is 5.97. The van der Waals surface area contributed by atoms with Crippen LogP contribution < -0.4 is 4.74 Å². The van der Waals surface area contributed by atoms with Gasteiger partial charge in [0, 0.05) is 29.8 Å². The van der Waals surface area contributed by atoms with E-state index in [-0.39, 0.29) is 5.82 Å². The van der Waals surface area contributed by atoms with Gasteiger partial charge in [-0.1, -0.05) is 24.3 Å². The van der Waals surface area contributed by atoms with E-state index in [4.69, 9.17) is 9.72 Å². The van der Waals surface area contributed by atoms with Crippen LogP contribution in [0.5, 0.6) is 5.75 Å². The maximum Gasteiger partial charge on any atom is 0.194 e. The topological polar surface area (TPSA) is 52.3 Å². The number of aromatic nitrogens is 4. The molecule has 3 heterocycles. The van der Waals surface area contributed by atoms with E-state index in [0.29, 0.717) is 13.0 Å². The Balaban J connectivity index is 1.42. The summed E-state index contributed by atoms with van der Waals surface area (Å²) in [6, 6.07) is 16.3. The van der Waals surface area contributed by atoms with Crippen LogP contribution in [0.3, 0.4) is 0 Å². The lowest BCUT2D eigenvalue weighted by molar-refractivity contribution is 0.322. The van der Waals surface area contributed by atoms with E-state index in [1.54, 1.807) is 36.0 Å². The molecule has 5 aromatic rings. The van der Waals surface area contributed by atoms with Gasteiger partial charge in [0.2, 0.25) is 0 Å². The smallest absolute Gasteiger partial charge is 0.194 e. The van der Waals surface area contributed by atoms with Gasteiger partial charge in [-0.05, 0) is 35.9 Å². The van der Waals surface area contributed by atoms with Crippen LogP contribution in [-0.4, -0.2) is 26.0 Å². The molecule has 0 atom stereocenters. The van der Waals surface area contributed by atoms with Crippen molar-refractivity contribution in [3.63, 3.8) is 0 Å². The van der Waals surface area contributed by atoms with E-state index in [9.17, 15) is 4.39 Å². The molecule has 0 unspecified atom stereocenters. The van der Waals surface area contributed by atoms with Crippen LogP contribution in [0.1, 0.15) is 5.56 Å². The van der Waals surface area contributed by atoms with Crippen LogP contribution >= 0.6 is 11.3 Å². The SMILES string of the molecule is Fc1ccc(CCOc2cccc(-c3nc4sccn4c3-c3ccncn3)c2)cc1. The molecule has 148 valence electrons. The number of rotatable bonds is 6. The number of ether oxygens (including phenoxy) is 1. The second-order valence-electron chi connectivity index (χ2n) is 6.71. The summed E-state index contributed by atoms with van der Waals surface area (Å²) < 4.78 is 21.0. The van der Waals surface area contributed by atoms with Crippen molar-refractivity contribution in [1.29, 1.82) is 0 Å². The Kier molecular flexibility index (Phi) is 4.94. The Morgan fingerprint density at radius 3 is 2.80 bits per heavy atom. The third kappa shape index (κ3) is 3.67. The Morgan fingerprint density at radius 2 is 1.97 bits per heavy atom. The lowest BCUT2D eigenvalue weighted by Crippen LogP contribution is -2.01. The molecule has 0 aliphatic rings. The fourth-order valence-corrected chi connectivity index (χ4v) is 4.05. The number of halogens is 1. The zero-order chi connectivity index (χ0) is 20.3. The largest absolute Gasteiger partial charge is 0.493 e. The molecule has 0 saturated carbocycles. The lowest BCUT2D eigenvalue weighted by atomic mass is 10.1. The Morgan fingerprint density at radius 1 is 1.07 bits per heavy atom. The van der Waals surface area contributed by atoms with E-state index in [0.717, 1.165) is 38.9 Å². The minimum atomic E-state index is -0.230. The van der Waals surface area contributed by atoms with Gasteiger partial charge in [0.15, 0.2) is 4.96 Å². The van der Waals surface area contributed by atoms with Crippen LogP contribution in [0, 0.1) is 5.82 Å². The van der Waals surface area contributed by atoms with E-state index >= 15 is 0 Å². The lowest BCUT2D eigenvalue weighted by Gasteiger charge is -2.09. The second kappa shape index (κ2) is 8.04. The quantitative estimate of drug-likeness (QED) is 0.378. The van der Waals surface area contributed by atoms with Crippen molar-refractivity contribution in [1.82, 2.24) is 19.4 Å². The molecular weight excluding hydrogens is 399 g/mol. The summed E-state index contributed by atoms with van der Waals surface area (Å²) in [4.78, 5) is 14.2. The molecule has 0 spiro atoms. The first-order chi connectivity index (χ1) is 14.8. The number of thiazole rings is 1. The summed E-state index contributed by atoms with van der Waals surface area (Å²) in [5.74, 6) is 0.534. The van der Waals surface area contributed by atoms with Gasteiger partial charge in [-0.15, -0.1) is 11.3 Å². The molecule has 0 saturated heterocycles. The number of benzene rings is 2. The van der Waals surface area contributed by atoms with Crippen LogP contribution in [-0.2, 0) is 6.42 Å². The van der Waals surface area contributed by atoms with Crippen molar-refractivity contribution in [3.05, 3.63) is 90.1 Å². The Labute approximate surface area is 176 Å². The minimum Gasteiger partial charge on any atom is -0.493 e. The average Bonchev–Trinajstić information content (AvgIpc) is 3.37. The summed E-state index contributed by atoms with van der Waals surface area (Å²) in [5.41, 5.74) is 4.59. The van der Waals surface area contributed by atoms with Crippen LogP contribution in [0.25, 0.3) is 27.6 Å². The zero-order valence-corrected chi connectivity index (χ0v) is 16.7. The van der Waals surface area contributed by atoms with Gasteiger partial charge in [0.05, 0.1) is 18.0 Å². The zero-order valence-electron chi connectivity index (χ0n) is 15.9. The first kappa shape index (κ1) is 18.4. The fraction of sp³-hybridized carbons (Fsp3) is 0.0870. The predicted octanol–water partition coefficient (Wildman–Crippen LogP) is 5.28. The molecule has 3 aromatic heterocycles. The number of hydrogen-bond acceptors (Lipinski definition) is 5. The molecule has 2 aromatic carbocycles. The third-order valence-corrected chi connectivity index (χ3v) is 5.52. The molecular formula is C23H17FN4OS. The maximum atomic E-state index is 13.0. The van der Waals surface area contributed by atoms with Crippen molar-refractivity contribution in [3.8, 4) is 28.4 Å². The highest BCUT2D eigenvalue weighted by atomic mass is 32.1. The molecule has 0 radical (unpaired) electrons. The molecule has 0 fully saturated rings. The molecule has 5 nitrogen and oxygen atoms in total. The summed E-state index contributed by atoms with van der Waals surface area (Å²) in [5, 5.41) is 2.01. The van der Waals surface area contributed by atoms with Gasteiger partial charge in [0.25, 0.3) is 0 Å².